The highest BCUT2D eigenvalue weighted by molar-refractivity contribution is 4.94. The molecule has 0 aliphatic carbocycles. The summed E-state index contributed by atoms with van der Waals surface area (Å²) in [5.74, 6) is 0.954. The molecule has 1 aromatic rings. The van der Waals surface area contributed by atoms with Crippen LogP contribution in [0.5, 0.6) is 0 Å². The zero-order valence-electron chi connectivity index (χ0n) is 6.66. The van der Waals surface area contributed by atoms with Crippen molar-refractivity contribution in [2.75, 3.05) is 6.54 Å². The molecule has 0 spiro atoms. The number of aromatic nitrogens is 2. The molecule has 1 aliphatic rings. The number of nitrogens with zero attached hydrogens (tertiary/aromatic N) is 2. The molecule has 0 aromatic carbocycles. The first-order valence-corrected chi connectivity index (χ1v) is 4.07. The predicted octanol–water partition coefficient (Wildman–Crippen LogP) is -0.0136. The van der Waals surface area contributed by atoms with Crippen LogP contribution >= 0.6 is 0 Å². The van der Waals surface area contributed by atoms with E-state index in [1.165, 1.54) is 0 Å². The van der Waals surface area contributed by atoms with E-state index in [1.54, 1.807) is 0 Å². The SMILES string of the molecule is OCc1noc(C2CCCN2)n1. The smallest absolute Gasteiger partial charge is 0.243 e. The second-order valence-corrected chi connectivity index (χ2v) is 2.86. The molecule has 0 radical (unpaired) electrons. The van der Waals surface area contributed by atoms with Crippen molar-refractivity contribution < 1.29 is 9.63 Å². The Kier molecular flexibility index (Phi) is 2.05. The lowest BCUT2D eigenvalue weighted by molar-refractivity contribution is 0.261. The molecule has 0 amide bonds. The minimum absolute atomic E-state index is 0.157. The van der Waals surface area contributed by atoms with E-state index in [1.807, 2.05) is 0 Å². The Labute approximate surface area is 69.8 Å². The van der Waals surface area contributed by atoms with Crippen LogP contribution in [-0.4, -0.2) is 21.8 Å². The van der Waals surface area contributed by atoms with Crippen LogP contribution in [0.1, 0.15) is 30.6 Å². The van der Waals surface area contributed by atoms with E-state index in [0.717, 1.165) is 19.4 Å². The van der Waals surface area contributed by atoms with Crippen LogP contribution in [0, 0.1) is 0 Å². The van der Waals surface area contributed by atoms with Gasteiger partial charge in [0, 0.05) is 0 Å². The third-order valence-electron chi connectivity index (χ3n) is 1.98. The fourth-order valence-electron chi connectivity index (χ4n) is 1.37. The van der Waals surface area contributed by atoms with E-state index in [-0.39, 0.29) is 12.6 Å². The molecule has 1 unspecified atom stereocenters. The molecular formula is C7H11N3O2. The van der Waals surface area contributed by atoms with Gasteiger partial charge in [0.15, 0.2) is 5.82 Å². The van der Waals surface area contributed by atoms with Gasteiger partial charge in [-0.15, -0.1) is 0 Å². The number of rotatable bonds is 2. The summed E-state index contributed by atoms with van der Waals surface area (Å²) in [6, 6.07) is 0.192. The number of hydrogen-bond acceptors (Lipinski definition) is 5. The summed E-state index contributed by atoms with van der Waals surface area (Å²) in [4.78, 5) is 4.02. The zero-order valence-corrected chi connectivity index (χ0v) is 6.66. The quantitative estimate of drug-likeness (QED) is 0.651. The molecule has 1 fully saturated rings. The second-order valence-electron chi connectivity index (χ2n) is 2.86. The molecule has 1 atom stereocenters. The van der Waals surface area contributed by atoms with Crippen LogP contribution in [0.15, 0.2) is 4.52 Å². The van der Waals surface area contributed by atoms with Gasteiger partial charge >= 0.3 is 0 Å². The summed E-state index contributed by atoms with van der Waals surface area (Å²) in [5.41, 5.74) is 0. The van der Waals surface area contributed by atoms with Gasteiger partial charge < -0.3 is 14.9 Å². The van der Waals surface area contributed by atoms with Crippen LogP contribution in [0.3, 0.4) is 0 Å². The van der Waals surface area contributed by atoms with E-state index in [2.05, 4.69) is 15.5 Å². The van der Waals surface area contributed by atoms with Crippen LogP contribution in [0.2, 0.25) is 0 Å². The van der Waals surface area contributed by atoms with Crippen LogP contribution < -0.4 is 5.32 Å². The van der Waals surface area contributed by atoms with Crippen molar-refractivity contribution in [1.82, 2.24) is 15.5 Å². The number of nitrogens with one attached hydrogen (secondary N) is 1. The first kappa shape index (κ1) is 7.70. The van der Waals surface area contributed by atoms with Crippen LogP contribution in [0.25, 0.3) is 0 Å². The topological polar surface area (TPSA) is 71.2 Å². The second kappa shape index (κ2) is 3.20. The molecule has 2 N–H and O–H groups in total. The predicted molar refractivity (Wildman–Crippen MR) is 40.2 cm³/mol. The van der Waals surface area contributed by atoms with Crippen LogP contribution in [0.4, 0.5) is 0 Å². The summed E-state index contributed by atoms with van der Waals surface area (Å²) in [5, 5.41) is 15.5. The molecule has 0 saturated carbocycles. The van der Waals surface area contributed by atoms with Crippen LogP contribution in [-0.2, 0) is 6.61 Å². The van der Waals surface area contributed by atoms with Crippen molar-refractivity contribution in [2.24, 2.45) is 0 Å². The Morgan fingerprint density at radius 2 is 2.58 bits per heavy atom. The average Bonchev–Trinajstić information content (AvgIpc) is 2.75. The standard InChI is InChI=1S/C7H11N3O2/c11-4-6-9-7(12-10-6)5-2-1-3-8-5/h5,8,11H,1-4H2. The summed E-state index contributed by atoms with van der Waals surface area (Å²) >= 11 is 0. The highest BCUT2D eigenvalue weighted by Gasteiger charge is 2.21. The number of aliphatic hydroxyl groups excluding tert-OH is 1. The van der Waals surface area contributed by atoms with Crippen molar-refractivity contribution in [1.29, 1.82) is 0 Å². The van der Waals surface area contributed by atoms with E-state index < -0.39 is 0 Å². The Bertz CT molecular complexity index is 255. The molecule has 0 bridgehead atoms. The van der Waals surface area contributed by atoms with E-state index in [0.29, 0.717) is 11.7 Å². The maximum Gasteiger partial charge on any atom is 0.243 e. The minimum Gasteiger partial charge on any atom is -0.388 e. The van der Waals surface area contributed by atoms with Gasteiger partial charge in [-0.2, -0.15) is 4.98 Å². The summed E-state index contributed by atoms with van der Waals surface area (Å²) in [7, 11) is 0. The van der Waals surface area contributed by atoms with Gasteiger partial charge in [-0.25, -0.2) is 0 Å². The van der Waals surface area contributed by atoms with Crippen molar-refractivity contribution in [3.05, 3.63) is 11.7 Å². The third kappa shape index (κ3) is 1.33. The molecule has 5 nitrogen and oxygen atoms in total. The highest BCUT2D eigenvalue weighted by Crippen LogP contribution is 2.20. The van der Waals surface area contributed by atoms with Gasteiger partial charge in [-0.1, -0.05) is 5.16 Å². The average molecular weight is 169 g/mol. The van der Waals surface area contributed by atoms with E-state index in [4.69, 9.17) is 9.63 Å². The first-order chi connectivity index (χ1) is 5.90. The molecule has 1 aliphatic heterocycles. The minimum atomic E-state index is -0.157. The summed E-state index contributed by atoms with van der Waals surface area (Å²) < 4.78 is 4.96. The lowest BCUT2D eigenvalue weighted by atomic mass is 10.2. The van der Waals surface area contributed by atoms with Gasteiger partial charge in [-0.05, 0) is 19.4 Å². The van der Waals surface area contributed by atoms with Crippen molar-refractivity contribution in [3.63, 3.8) is 0 Å². The molecule has 1 aromatic heterocycles. The molecule has 1 saturated heterocycles. The fraction of sp³-hybridized carbons (Fsp3) is 0.714. The Hall–Kier alpha value is -0.940. The summed E-state index contributed by atoms with van der Waals surface area (Å²) in [6.07, 6.45) is 2.18. The van der Waals surface area contributed by atoms with E-state index >= 15 is 0 Å². The first-order valence-electron chi connectivity index (χ1n) is 4.07. The van der Waals surface area contributed by atoms with Gasteiger partial charge in [0.1, 0.15) is 6.61 Å². The van der Waals surface area contributed by atoms with Gasteiger partial charge in [-0.3, -0.25) is 0 Å². The van der Waals surface area contributed by atoms with Crippen molar-refractivity contribution in [2.45, 2.75) is 25.5 Å². The lowest BCUT2D eigenvalue weighted by Crippen LogP contribution is -2.13. The third-order valence-corrected chi connectivity index (χ3v) is 1.98. The largest absolute Gasteiger partial charge is 0.388 e. The maximum absolute atomic E-state index is 8.69. The van der Waals surface area contributed by atoms with Crippen molar-refractivity contribution in [3.8, 4) is 0 Å². The molecular weight excluding hydrogens is 158 g/mol. The normalized spacial score (nSPS) is 23.2. The van der Waals surface area contributed by atoms with Crippen molar-refractivity contribution >= 4 is 0 Å². The highest BCUT2D eigenvalue weighted by atomic mass is 16.5. The number of aliphatic hydroxyl groups is 1. The summed E-state index contributed by atoms with van der Waals surface area (Å²) in [6.45, 7) is 0.845. The molecule has 12 heavy (non-hydrogen) atoms. The van der Waals surface area contributed by atoms with Gasteiger partial charge in [0.25, 0.3) is 0 Å². The lowest BCUT2D eigenvalue weighted by Gasteiger charge is -2.00. The molecule has 66 valence electrons. The molecule has 5 heteroatoms. The maximum atomic E-state index is 8.69. The molecule has 2 rings (SSSR count). The number of hydrogen-bond donors (Lipinski definition) is 2. The fourth-order valence-corrected chi connectivity index (χ4v) is 1.37. The van der Waals surface area contributed by atoms with Gasteiger partial charge in [0.05, 0.1) is 6.04 Å². The monoisotopic (exact) mass is 169 g/mol. The Morgan fingerprint density at radius 3 is 3.17 bits per heavy atom. The van der Waals surface area contributed by atoms with E-state index in [9.17, 15) is 0 Å². The molecule has 2 heterocycles. The zero-order chi connectivity index (χ0) is 8.39. The Balaban J connectivity index is 2.11. The Morgan fingerprint density at radius 1 is 1.67 bits per heavy atom. The van der Waals surface area contributed by atoms with Gasteiger partial charge in [0.2, 0.25) is 5.89 Å².